The number of carbonyl (C=O) groups is 2. The van der Waals surface area contributed by atoms with Crippen LogP contribution in [0.2, 0.25) is 0 Å². The van der Waals surface area contributed by atoms with E-state index >= 15 is 0 Å². The Morgan fingerprint density at radius 1 is 1.26 bits per heavy atom. The first-order valence-corrected chi connectivity index (χ1v) is 11.3. The topological polar surface area (TPSA) is 107 Å². The van der Waals surface area contributed by atoms with Crippen LogP contribution >= 0.6 is 0 Å². The van der Waals surface area contributed by atoms with Gasteiger partial charge in [0.15, 0.2) is 0 Å². The van der Waals surface area contributed by atoms with E-state index in [0.717, 1.165) is 0 Å². The third-order valence-electron chi connectivity index (χ3n) is 5.63. The number of esters is 1. The lowest BCUT2D eigenvalue weighted by Gasteiger charge is -2.28. The van der Waals surface area contributed by atoms with E-state index in [9.17, 15) is 19.1 Å². The van der Waals surface area contributed by atoms with Gasteiger partial charge in [-0.15, -0.1) is 0 Å². The first-order valence-electron chi connectivity index (χ1n) is 11.3. The Kier molecular flexibility index (Phi) is 6.86. The Balaban J connectivity index is 1.55. The van der Waals surface area contributed by atoms with Gasteiger partial charge in [0.1, 0.15) is 22.9 Å². The van der Waals surface area contributed by atoms with Crippen LogP contribution in [0, 0.1) is 5.82 Å². The summed E-state index contributed by atoms with van der Waals surface area (Å²) in [6, 6.07) is 5.57. The molecule has 2 aromatic rings. The minimum absolute atomic E-state index is 0.134. The fraction of sp³-hybridized carbons (Fsp3) is 0.480. The SMILES string of the molecule is CC(C)(C)OC(=O)c1ccc(Cc2cc(C(=O)N[C@H]3CCOC[C@@H]3O)nc3c2OCC3)cc1F. The van der Waals surface area contributed by atoms with Crippen LogP contribution in [0.15, 0.2) is 24.3 Å². The predicted octanol–water partition coefficient (Wildman–Crippen LogP) is 2.58. The van der Waals surface area contributed by atoms with Gasteiger partial charge in [0.2, 0.25) is 0 Å². The maximum Gasteiger partial charge on any atom is 0.341 e. The van der Waals surface area contributed by atoms with Crippen LogP contribution in [0.1, 0.15) is 64.9 Å². The molecular formula is C25H29FN2O6. The molecule has 182 valence electrons. The lowest BCUT2D eigenvalue weighted by atomic mass is 10.0. The molecule has 1 fully saturated rings. The van der Waals surface area contributed by atoms with Gasteiger partial charge < -0.3 is 24.6 Å². The average Bonchev–Trinajstić information content (AvgIpc) is 3.23. The van der Waals surface area contributed by atoms with Crippen molar-refractivity contribution in [3.05, 3.63) is 58.2 Å². The summed E-state index contributed by atoms with van der Waals surface area (Å²) in [6.45, 7) is 6.24. The minimum atomic E-state index is -0.776. The van der Waals surface area contributed by atoms with Gasteiger partial charge in [0, 0.05) is 25.0 Å². The zero-order chi connectivity index (χ0) is 24.5. The molecular weight excluding hydrogens is 443 g/mol. The fourth-order valence-corrected chi connectivity index (χ4v) is 4.01. The van der Waals surface area contributed by atoms with Gasteiger partial charge in [-0.25, -0.2) is 14.2 Å². The second-order valence-corrected chi connectivity index (χ2v) is 9.54. The predicted molar refractivity (Wildman–Crippen MR) is 121 cm³/mol. The van der Waals surface area contributed by atoms with Crippen molar-refractivity contribution in [1.82, 2.24) is 10.3 Å². The normalized spacial score (nSPS) is 19.8. The quantitative estimate of drug-likeness (QED) is 0.644. The van der Waals surface area contributed by atoms with E-state index in [2.05, 4.69) is 10.3 Å². The van der Waals surface area contributed by atoms with Crippen LogP contribution in [0.3, 0.4) is 0 Å². The Morgan fingerprint density at radius 3 is 2.76 bits per heavy atom. The van der Waals surface area contributed by atoms with Crippen LogP contribution in [0.25, 0.3) is 0 Å². The highest BCUT2D eigenvalue weighted by atomic mass is 19.1. The second-order valence-electron chi connectivity index (χ2n) is 9.54. The zero-order valence-corrected chi connectivity index (χ0v) is 19.5. The van der Waals surface area contributed by atoms with Gasteiger partial charge in [-0.1, -0.05) is 6.07 Å². The minimum Gasteiger partial charge on any atom is -0.491 e. The van der Waals surface area contributed by atoms with Gasteiger partial charge in [0.05, 0.1) is 36.6 Å². The number of ether oxygens (including phenoxy) is 3. The van der Waals surface area contributed by atoms with Crippen molar-refractivity contribution in [3.8, 4) is 5.75 Å². The number of hydrogen-bond acceptors (Lipinski definition) is 7. The number of nitrogens with one attached hydrogen (secondary N) is 1. The van der Waals surface area contributed by atoms with Crippen molar-refractivity contribution >= 4 is 11.9 Å². The Hall–Kier alpha value is -3.04. The number of benzene rings is 1. The summed E-state index contributed by atoms with van der Waals surface area (Å²) in [6.07, 6.45) is 0.588. The van der Waals surface area contributed by atoms with Crippen LogP contribution in [0.4, 0.5) is 4.39 Å². The Bertz CT molecular complexity index is 1100. The summed E-state index contributed by atoms with van der Waals surface area (Å²) in [5, 5.41) is 12.9. The summed E-state index contributed by atoms with van der Waals surface area (Å²) >= 11 is 0. The molecule has 34 heavy (non-hydrogen) atoms. The van der Waals surface area contributed by atoms with E-state index in [1.54, 1.807) is 32.9 Å². The van der Waals surface area contributed by atoms with Crippen molar-refractivity contribution in [3.63, 3.8) is 0 Å². The molecule has 1 aromatic carbocycles. The van der Waals surface area contributed by atoms with Gasteiger partial charge >= 0.3 is 5.97 Å². The van der Waals surface area contributed by atoms with E-state index in [0.29, 0.717) is 48.6 Å². The number of aliphatic hydroxyl groups is 1. The van der Waals surface area contributed by atoms with Gasteiger partial charge in [-0.05, 0) is 51.0 Å². The first kappa shape index (κ1) is 24.1. The molecule has 9 heteroatoms. The largest absolute Gasteiger partial charge is 0.491 e. The molecule has 0 aliphatic carbocycles. The van der Waals surface area contributed by atoms with Crippen LogP contribution in [0.5, 0.6) is 5.75 Å². The highest BCUT2D eigenvalue weighted by molar-refractivity contribution is 5.93. The van der Waals surface area contributed by atoms with Crippen LogP contribution < -0.4 is 10.1 Å². The number of hydrogen-bond donors (Lipinski definition) is 2. The number of pyridine rings is 1. The maximum absolute atomic E-state index is 14.7. The molecule has 0 bridgehead atoms. The van der Waals surface area contributed by atoms with Crippen molar-refractivity contribution in [2.24, 2.45) is 0 Å². The number of carbonyl (C=O) groups excluding carboxylic acids is 2. The molecule has 0 radical (unpaired) electrons. The zero-order valence-electron chi connectivity index (χ0n) is 19.5. The van der Waals surface area contributed by atoms with E-state index in [-0.39, 0.29) is 24.3 Å². The molecule has 8 nitrogen and oxygen atoms in total. The number of halogens is 1. The molecule has 2 aliphatic heterocycles. The molecule has 0 spiro atoms. The number of nitrogens with zero attached hydrogens (tertiary/aromatic N) is 1. The van der Waals surface area contributed by atoms with Crippen molar-refractivity contribution in [2.75, 3.05) is 19.8 Å². The second kappa shape index (κ2) is 9.68. The summed E-state index contributed by atoms with van der Waals surface area (Å²) < 4.78 is 30.9. The number of amides is 1. The third kappa shape index (κ3) is 5.53. The summed E-state index contributed by atoms with van der Waals surface area (Å²) in [5.74, 6) is -1.20. The molecule has 2 atom stereocenters. The maximum atomic E-state index is 14.7. The van der Waals surface area contributed by atoms with E-state index < -0.39 is 35.4 Å². The first-order chi connectivity index (χ1) is 16.1. The molecule has 1 saturated heterocycles. The average molecular weight is 473 g/mol. The standard InChI is InChI=1S/C25H29FN2O6/c1-25(2,3)34-24(31)16-5-4-14(11-17(16)26)10-15-12-20(27-19-7-9-33-22(15)19)23(30)28-18-6-8-32-13-21(18)29/h4-5,11-12,18,21,29H,6-10,13H2,1-3H3,(H,28,30)/t18-,21-/m0/s1. The van der Waals surface area contributed by atoms with Crippen LogP contribution in [-0.2, 0) is 22.3 Å². The van der Waals surface area contributed by atoms with Crippen LogP contribution in [-0.4, -0.2) is 59.5 Å². The molecule has 4 rings (SSSR count). The number of rotatable bonds is 5. The summed E-state index contributed by atoms with van der Waals surface area (Å²) in [7, 11) is 0. The molecule has 3 heterocycles. The number of fused-ring (bicyclic) bond motifs is 1. The smallest absolute Gasteiger partial charge is 0.341 e. The molecule has 2 aliphatic rings. The lowest BCUT2D eigenvalue weighted by molar-refractivity contribution is -0.0261. The Morgan fingerprint density at radius 2 is 2.06 bits per heavy atom. The molecule has 1 aromatic heterocycles. The highest BCUT2D eigenvalue weighted by Gasteiger charge is 2.28. The number of aromatic nitrogens is 1. The third-order valence-corrected chi connectivity index (χ3v) is 5.63. The monoisotopic (exact) mass is 472 g/mol. The van der Waals surface area contributed by atoms with Gasteiger partial charge in [-0.2, -0.15) is 0 Å². The summed E-state index contributed by atoms with van der Waals surface area (Å²) in [5.41, 5.74) is 1.33. The highest BCUT2D eigenvalue weighted by Crippen LogP contribution is 2.31. The van der Waals surface area contributed by atoms with Crippen molar-refractivity contribution in [1.29, 1.82) is 0 Å². The molecule has 1 amide bonds. The lowest BCUT2D eigenvalue weighted by Crippen LogP contribution is -2.48. The van der Waals surface area contributed by atoms with E-state index in [1.807, 2.05) is 0 Å². The van der Waals surface area contributed by atoms with Crippen molar-refractivity contribution in [2.45, 2.75) is 57.8 Å². The molecule has 0 saturated carbocycles. The van der Waals surface area contributed by atoms with Gasteiger partial charge in [-0.3, -0.25) is 4.79 Å². The van der Waals surface area contributed by atoms with E-state index in [4.69, 9.17) is 14.2 Å². The summed E-state index contributed by atoms with van der Waals surface area (Å²) in [4.78, 5) is 29.6. The fourth-order valence-electron chi connectivity index (χ4n) is 4.01. The molecule has 0 unspecified atom stereocenters. The van der Waals surface area contributed by atoms with Crippen molar-refractivity contribution < 1.29 is 33.3 Å². The van der Waals surface area contributed by atoms with Gasteiger partial charge in [0.25, 0.3) is 5.91 Å². The number of aliphatic hydroxyl groups excluding tert-OH is 1. The van der Waals surface area contributed by atoms with E-state index in [1.165, 1.54) is 12.1 Å². The Labute approximate surface area is 197 Å². The molecule has 2 N–H and O–H groups in total.